The lowest BCUT2D eigenvalue weighted by Gasteiger charge is -2.14. The Morgan fingerprint density at radius 1 is 1.11 bits per heavy atom. The molecule has 0 spiro atoms. The molecular formula is C13H12Cl2N2O. The van der Waals surface area contributed by atoms with Gasteiger partial charge in [-0.1, -0.05) is 23.2 Å². The van der Waals surface area contributed by atoms with Gasteiger partial charge in [-0.25, -0.2) is 4.98 Å². The molecule has 5 heteroatoms. The molecule has 3 nitrogen and oxygen atoms in total. The summed E-state index contributed by atoms with van der Waals surface area (Å²) in [6.45, 7) is 5.55. The predicted molar refractivity (Wildman–Crippen MR) is 74.1 cm³/mol. The van der Waals surface area contributed by atoms with E-state index in [0.717, 1.165) is 16.8 Å². The molecule has 94 valence electrons. The molecule has 0 saturated heterocycles. The second kappa shape index (κ2) is 4.75. The van der Waals surface area contributed by atoms with E-state index in [0.29, 0.717) is 10.8 Å². The minimum Gasteiger partial charge on any atom is -0.280 e. The van der Waals surface area contributed by atoms with Crippen molar-refractivity contribution in [3.63, 3.8) is 0 Å². The zero-order valence-corrected chi connectivity index (χ0v) is 11.8. The van der Waals surface area contributed by atoms with Gasteiger partial charge < -0.3 is 0 Å². The highest BCUT2D eigenvalue weighted by atomic mass is 35.5. The Balaban J connectivity index is 2.84. The summed E-state index contributed by atoms with van der Waals surface area (Å²) in [5.74, 6) is 0. The molecular weight excluding hydrogens is 271 g/mol. The van der Waals surface area contributed by atoms with E-state index < -0.39 is 0 Å². The smallest absolute Gasteiger partial charge is 0.274 e. The normalized spacial score (nSPS) is 10.7. The Kier molecular flexibility index (Phi) is 3.46. The number of hydrogen-bond donors (Lipinski definition) is 0. The molecule has 0 atom stereocenters. The van der Waals surface area contributed by atoms with Crippen LogP contribution in [0.1, 0.15) is 16.8 Å². The maximum absolute atomic E-state index is 12.2. The standard InChI is InChI=1S/C13H12Cl2N2O/c1-7-4-9(3)17(13(18)12(7)15)10-5-11(14)16-6-8(10)2/h4-6H,1-3H3. The highest BCUT2D eigenvalue weighted by Gasteiger charge is 2.12. The molecule has 0 aliphatic carbocycles. The molecule has 0 unspecified atom stereocenters. The van der Waals surface area contributed by atoms with Crippen molar-refractivity contribution in [2.45, 2.75) is 20.8 Å². The monoisotopic (exact) mass is 282 g/mol. The van der Waals surface area contributed by atoms with E-state index in [-0.39, 0.29) is 10.6 Å². The number of hydrogen-bond acceptors (Lipinski definition) is 2. The van der Waals surface area contributed by atoms with Gasteiger partial charge in [0.15, 0.2) is 0 Å². The highest BCUT2D eigenvalue weighted by molar-refractivity contribution is 6.31. The molecule has 0 aliphatic heterocycles. The molecule has 2 heterocycles. The van der Waals surface area contributed by atoms with Crippen molar-refractivity contribution < 1.29 is 0 Å². The summed E-state index contributed by atoms with van der Waals surface area (Å²) in [7, 11) is 0. The number of rotatable bonds is 1. The van der Waals surface area contributed by atoms with Crippen LogP contribution in [0.2, 0.25) is 10.2 Å². The molecule has 18 heavy (non-hydrogen) atoms. The first-order valence-electron chi connectivity index (χ1n) is 5.43. The zero-order chi connectivity index (χ0) is 13.4. The first-order chi connectivity index (χ1) is 8.41. The first kappa shape index (κ1) is 13.1. The lowest BCUT2D eigenvalue weighted by atomic mass is 10.2. The summed E-state index contributed by atoms with van der Waals surface area (Å²) in [6, 6.07) is 3.54. The molecule has 0 amide bonds. The van der Waals surface area contributed by atoms with Crippen LogP contribution < -0.4 is 5.56 Å². The van der Waals surface area contributed by atoms with Crippen LogP contribution in [0.5, 0.6) is 0 Å². The summed E-state index contributed by atoms with van der Waals surface area (Å²) in [6.07, 6.45) is 1.64. The SMILES string of the molecule is Cc1cnc(Cl)cc1-n1c(C)cc(C)c(Cl)c1=O. The average Bonchev–Trinajstić information content (AvgIpc) is 2.31. The minimum absolute atomic E-state index is 0.230. The molecule has 0 saturated carbocycles. The third-order valence-electron chi connectivity index (χ3n) is 2.80. The van der Waals surface area contributed by atoms with Gasteiger partial charge in [0.2, 0.25) is 0 Å². The molecule has 2 aromatic heterocycles. The minimum atomic E-state index is -0.237. The van der Waals surface area contributed by atoms with Crippen molar-refractivity contribution in [1.82, 2.24) is 9.55 Å². The molecule has 0 radical (unpaired) electrons. The Morgan fingerprint density at radius 3 is 2.44 bits per heavy atom. The fourth-order valence-corrected chi connectivity index (χ4v) is 2.19. The lowest BCUT2D eigenvalue weighted by Crippen LogP contribution is -2.22. The van der Waals surface area contributed by atoms with Crippen LogP contribution >= 0.6 is 23.2 Å². The summed E-state index contributed by atoms with van der Waals surface area (Å²) < 4.78 is 1.55. The van der Waals surface area contributed by atoms with Crippen LogP contribution in [0.3, 0.4) is 0 Å². The van der Waals surface area contributed by atoms with Crippen molar-refractivity contribution >= 4 is 23.2 Å². The maximum Gasteiger partial charge on any atom is 0.274 e. The quantitative estimate of drug-likeness (QED) is 0.751. The van der Waals surface area contributed by atoms with Gasteiger partial charge in [-0.05, 0) is 44.0 Å². The molecule has 0 aromatic carbocycles. The number of aryl methyl sites for hydroxylation is 3. The fraction of sp³-hybridized carbons (Fsp3) is 0.231. The van der Waals surface area contributed by atoms with Crippen molar-refractivity contribution in [3.8, 4) is 5.69 Å². The molecule has 0 fully saturated rings. The fourth-order valence-electron chi connectivity index (χ4n) is 1.90. The summed E-state index contributed by atoms with van der Waals surface area (Å²) in [5.41, 5.74) is 2.92. The van der Waals surface area contributed by atoms with Crippen LogP contribution in [0.15, 0.2) is 23.1 Å². The average molecular weight is 283 g/mol. The van der Waals surface area contributed by atoms with Crippen molar-refractivity contribution in [2.75, 3.05) is 0 Å². The van der Waals surface area contributed by atoms with Crippen LogP contribution in [-0.2, 0) is 0 Å². The molecule has 2 rings (SSSR count). The molecule has 0 bridgehead atoms. The van der Waals surface area contributed by atoms with E-state index in [1.807, 2.05) is 26.8 Å². The summed E-state index contributed by atoms with van der Waals surface area (Å²) >= 11 is 11.9. The van der Waals surface area contributed by atoms with E-state index >= 15 is 0 Å². The van der Waals surface area contributed by atoms with E-state index in [9.17, 15) is 4.79 Å². The number of aromatic nitrogens is 2. The van der Waals surface area contributed by atoms with Crippen LogP contribution in [0, 0.1) is 20.8 Å². The second-order valence-electron chi connectivity index (χ2n) is 4.22. The maximum atomic E-state index is 12.2. The lowest BCUT2D eigenvalue weighted by molar-refractivity contribution is 0.914. The van der Waals surface area contributed by atoms with E-state index in [1.54, 1.807) is 16.8 Å². The second-order valence-corrected chi connectivity index (χ2v) is 4.98. The van der Waals surface area contributed by atoms with Gasteiger partial charge in [0.25, 0.3) is 5.56 Å². The van der Waals surface area contributed by atoms with Crippen LogP contribution in [0.4, 0.5) is 0 Å². The summed E-state index contributed by atoms with van der Waals surface area (Å²) in [4.78, 5) is 16.2. The Labute approximate surface area is 115 Å². The van der Waals surface area contributed by atoms with Crippen LogP contribution in [0.25, 0.3) is 5.69 Å². The third-order valence-corrected chi connectivity index (χ3v) is 3.46. The summed E-state index contributed by atoms with van der Waals surface area (Å²) in [5, 5.41) is 0.575. The largest absolute Gasteiger partial charge is 0.280 e. The molecule has 0 N–H and O–H groups in total. The van der Waals surface area contributed by atoms with E-state index in [2.05, 4.69) is 4.98 Å². The predicted octanol–water partition coefficient (Wildman–Crippen LogP) is 3.46. The van der Waals surface area contributed by atoms with Crippen molar-refractivity contribution in [2.24, 2.45) is 0 Å². The van der Waals surface area contributed by atoms with E-state index in [4.69, 9.17) is 23.2 Å². The first-order valence-corrected chi connectivity index (χ1v) is 6.18. The topological polar surface area (TPSA) is 34.9 Å². The number of halogens is 2. The van der Waals surface area contributed by atoms with Crippen LogP contribution in [-0.4, -0.2) is 9.55 Å². The Morgan fingerprint density at radius 2 is 1.78 bits per heavy atom. The highest BCUT2D eigenvalue weighted by Crippen LogP contribution is 2.20. The van der Waals surface area contributed by atoms with Gasteiger partial charge in [-0.15, -0.1) is 0 Å². The van der Waals surface area contributed by atoms with Gasteiger partial charge in [-0.2, -0.15) is 0 Å². The van der Waals surface area contributed by atoms with Gasteiger partial charge in [-0.3, -0.25) is 9.36 Å². The van der Waals surface area contributed by atoms with Gasteiger partial charge in [0, 0.05) is 11.9 Å². The number of nitrogens with zero attached hydrogens (tertiary/aromatic N) is 2. The number of pyridine rings is 2. The van der Waals surface area contributed by atoms with Crippen molar-refractivity contribution in [3.05, 3.63) is 55.7 Å². The molecule has 2 aromatic rings. The Bertz CT molecular complexity index is 677. The Hall–Kier alpha value is -1.32. The van der Waals surface area contributed by atoms with Gasteiger partial charge in [0.1, 0.15) is 10.2 Å². The van der Waals surface area contributed by atoms with Gasteiger partial charge >= 0.3 is 0 Å². The third kappa shape index (κ3) is 2.16. The zero-order valence-electron chi connectivity index (χ0n) is 10.3. The van der Waals surface area contributed by atoms with Crippen molar-refractivity contribution in [1.29, 1.82) is 0 Å². The van der Waals surface area contributed by atoms with Gasteiger partial charge in [0.05, 0.1) is 5.69 Å². The molecule has 0 aliphatic rings. The van der Waals surface area contributed by atoms with E-state index in [1.165, 1.54) is 0 Å².